The molecule has 1 aromatic carbocycles. The van der Waals surface area contributed by atoms with Crippen LogP contribution >= 0.6 is 11.3 Å². The molecule has 0 aliphatic carbocycles. The van der Waals surface area contributed by atoms with E-state index in [-0.39, 0.29) is 5.82 Å². The van der Waals surface area contributed by atoms with Crippen molar-refractivity contribution in [2.45, 2.75) is 32.6 Å². The van der Waals surface area contributed by atoms with E-state index >= 15 is 0 Å². The fourth-order valence-corrected chi connectivity index (χ4v) is 3.24. The van der Waals surface area contributed by atoms with Crippen molar-refractivity contribution in [2.24, 2.45) is 5.92 Å². The first kappa shape index (κ1) is 16.2. The normalized spacial score (nSPS) is 12.5. The van der Waals surface area contributed by atoms with Crippen LogP contribution in [0.25, 0.3) is 0 Å². The third-order valence-electron chi connectivity index (χ3n) is 3.68. The third-order valence-corrected chi connectivity index (χ3v) is 4.61. The molecule has 2 aromatic rings. The number of aryl methyl sites for hydroxylation is 1. The predicted octanol–water partition coefficient (Wildman–Crippen LogP) is 4.68. The van der Waals surface area contributed by atoms with Gasteiger partial charge in [-0.2, -0.15) is 0 Å². The fraction of sp³-hybridized carbons (Fsp3) is 0.444. The van der Waals surface area contributed by atoms with Gasteiger partial charge in [0.15, 0.2) is 0 Å². The summed E-state index contributed by atoms with van der Waals surface area (Å²) >= 11 is 1.83. The molecule has 0 saturated carbocycles. The molecule has 0 saturated heterocycles. The maximum atomic E-state index is 13.0. The second kappa shape index (κ2) is 8.96. The van der Waals surface area contributed by atoms with Crippen molar-refractivity contribution in [3.8, 4) is 0 Å². The molecule has 0 spiro atoms. The van der Waals surface area contributed by atoms with Gasteiger partial charge in [0.2, 0.25) is 0 Å². The van der Waals surface area contributed by atoms with Crippen molar-refractivity contribution in [3.63, 3.8) is 0 Å². The van der Waals surface area contributed by atoms with E-state index in [2.05, 4.69) is 29.8 Å². The molecule has 1 unspecified atom stereocenters. The fourth-order valence-electron chi connectivity index (χ4n) is 2.51. The van der Waals surface area contributed by atoms with Crippen LogP contribution in [0.15, 0.2) is 41.8 Å². The van der Waals surface area contributed by atoms with Gasteiger partial charge in [-0.3, -0.25) is 0 Å². The van der Waals surface area contributed by atoms with Crippen LogP contribution in [0.1, 0.15) is 30.2 Å². The minimum Gasteiger partial charge on any atom is -0.316 e. The summed E-state index contributed by atoms with van der Waals surface area (Å²) in [7, 11) is 0. The highest BCUT2D eigenvalue weighted by atomic mass is 32.1. The summed E-state index contributed by atoms with van der Waals surface area (Å²) < 4.78 is 13.0. The molecular weight excluding hydrogens is 281 g/mol. The number of hydrogen-bond acceptors (Lipinski definition) is 2. The molecule has 0 amide bonds. The second-order valence-electron chi connectivity index (χ2n) is 5.52. The number of halogens is 1. The first-order chi connectivity index (χ1) is 10.3. The molecule has 0 aliphatic heterocycles. The summed E-state index contributed by atoms with van der Waals surface area (Å²) in [6.07, 6.45) is 4.49. The summed E-state index contributed by atoms with van der Waals surface area (Å²) in [6, 6.07) is 11.3. The zero-order chi connectivity index (χ0) is 14.9. The van der Waals surface area contributed by atoms with E-state index in [1.54, 1.807) is 12.1 Å². The average Bonchev–Trinajstić information content (AvgIpc) is 3.00. The Balaban J connectivity index is 1.88. The third kappa shape index (κ3) is 5.98. The lowest BCUT2D eigenvalue weighted by molar-refractivity contribution is 0.444. The van der Waals surface area contributed by atoms with Crippen LogP contribution in [0.5, 0.6) is 0 Å². The minimum atomic E-state index is -0.155. The molecule has 0 aliphatic rings. The van der Waals surface area contributed by atoms with Crippen LogP contribution in [-0.2, 0) is 12.8 Å². The van der Waals surface area contributed by atoms with Gasteiger partial charge in [0, 0.05) is 4.88 Å². The van der Waals surface area contributed by atoms with E-state index < -0.39 is 0 Å². The topological polar surface area (TPSA) is 12.0 Å². The van der Waals surface area contributed by atoms with Crippen LogP contribution < -0.4 is 5.32 Å². The molecule has 2 rings (SSSR count). The highest BCUT2D eigenvalue weighted by Gasteiger charge is 2.10. The van der Waals surface area contributed by atoms with Crippen molar-refractivity contribution in [2.75, 3.05) is 13.1 Å². The van der Waals surface area contributed by atoms with Crippen LogP contribution in [-0.4, -0.2) is 13.1 Å². The van der Waals surface area contributed by atoms with Gasteiger partial charge in [-0.25, -0.2) is 4.39 Å². The first-order valence-corrected chi connectivity index (χ1v) is 8.63. The number of thiophene rings is 1. The summed E-state index contributed by atoms with van der Waals surface area (Å²) in [5.41, 5.74) is 1.23. The molecule has 1 atom stereocenters. The SMILES string of the molecule is CCCNCC(CCc1cccs1)Cc1ccc(F)cc1. The molecule has 114 valence electrons. The highest BCUT2D eigenvalue weighted by Crippen LogP contribution is 2.18. The molecule has 0 bridgehead atoms. The molecular formula is C18H24FNS. The number of benzene rings is 1. The molecule has 1 nitrogen and oxygen atoms in total. The number of hydrogen-bond donors (Lipinski definition) is 1. The molecule has 21 heavy (non-hydrogen) atoms. The summed E-state index contributed by atoms with van der Waals surface area (Å²) in [4.78, 5) is 1.45. The van der Waals surface area contributed by atoms with E-state index in [1.807, 2.05) is 23.5 Å². The maximum Gasteiger partial charge on any atom is 0.123 e. The summed E-state index contributed by atoms with van der Waals surface area (Å²) in [6.45, 7) is 4.29. The van der Waals surface area contributed by atoms with Gasteiger partial charge in [-0.15, -0.1) is 11.3 Å². The van der Waals surface area contributed by atoms with Gasteiger partial charge in [-0.05, 0) is 73.8 Å². The summed E-state index contributed by atoms with van der Waals surface area (Å²) in [5, 5.41) is 5.66. The monoisotopic (exact) mass is 305 g/mol. The average molecular weight is 305 g/mol. The van der Waals surface area contributed by atoms with E-state index in [1.165, 1.54) is 16.9 Å². The van der Waals surface area contributed by atoms with Crippen LogP contribution in [0.3, 0.4) is 0 Å². The van der Waals surface area contributed by atoms with Crippen molar-refractivity contribution in [1.29, 1.82) is 0 Å². The Hall–Kier alpha value is -1.19. The van der Waals surface area contributed by atoms with E-state index in [9.17, 15) is 4.39 Å². The first-order valence-electron chi connectivity index (χ1n) is 7.75. The van der Waals surface area contributed by atoms with Crippen LogP contribution in [0.4, 0.5) is 4.39 Å². The standard InChI is InChI=1S/C18H24FNS/c1-2-11-20-14-16(7-10-18-4-3-12-21-18)13-15-5-8-17(19)9-6-15/h3-6,8-9,12,16,20H,2,7,10-11,13-14H2,1H3. The minimum absolute atomic E-state index is 0.155. The molecule has 3 heteroatoms. The van der Waals surface area contributed by atoms with Gasteiger partial charge in [0.05, 0.1) is 0 Å². The lowest BCUT2D eigenvalue weighted by atomic mass is 9.94. The Morgan fingerprint density at radius 3 is 2.67 bits per heavy atom. The lowest BCUT2D eigenvalue weighted by Gasteiger charge is -2.17. The molecule has 1 N–H and O–H groups in total. The van der Waals surface area contributed by atoms with E-state index in [4.69, 9.17) is 0 Å². The van der Waals surface area contributed by atoms with Gasteiger partial charge in [0.25, 0.3) is 0 Å². The number of nitrogens with one attached hydrogen (secondary N) is 1. The van der Waals surface area contributed by atoms with Gasteiger partial charge in [0.1, 0.15) is 5.82 Å². The summed E-state index contributed by atoms with van der Waals surface area (Å²) in [5.74, 6) is 0.446. The van der Waals surface area contributed by atoms with Gasteiger partial charge >= 0.3 is 0 Å². The van der Waals surface area contributed by atoms with Crippen molar-refractivity contribution in [3.05, 3.63) is 58.0 Å². The van der Waals surface area contributed by atoms with E-state index in [0.717, 1.165) is 32.4 Å². The van der Waals surface area contributed by atoms with Crippen molar-refractivity contribution >= 4 is 11.3 Å². The Labute approximate surface area is 131 Å². The predicted molar refractivity (Wildman–Crippen MR) is 89.4 cm³/mol. The maximum absolute atomic E-state index is 13.0. The Morgan fingerprint density at radius 2 is 2.00 bits per heavy atom. The Kier molecular flexibility index (Phi) is 6.90. The largest absolute Gasteiger partial charge is 0.316 e. The molecule has 1 heterocycles. The quantitative estimate of drug-likeness (QED) is 0.663. The Morgan fingerprint density at radius 1 is 1.19 bits per heavy atom. The zero-order valence-corrected chi connectivity index (χ0v) is 13.5. The highest BCUT2D eigenvalue weighted by molar-refractivity contribution is 7.09. The second-order valence-corrected chi connectivity index (χ2v) is 6.55. The lowest BCUT2D eigenvalue weighted by Crippen LogP contribution is -2.25. The van der Waals surface area contributed by atoms with Crippen LogP contribution in [0.2, 0.25) is 0 Å². The van der Waals surface area contributed by atoms with E-state index in [0.29, 0.717) is 5.92 Å². The van der Waals surface area contributed by atoms with Crippen molar-refractivity contribution < 1.29 is 4.39 Å². The van der Waals surface area contributed by atoms with Crippen LogP contribution in [0, 0.1) is 11.7 Å². The van der Waals surface area contributed by atoms with Gasteiger partial charge < -0.3 is 5.32 Å². The van der Waals surface area contributed by atoms with Gasteiger partial charge in [-0.1, -0.05) is 25.1 Å². The van der Waals surface area contributed by atoms with Crippen molar-refractivity contribution in [1.82, 2.24) is 5.32 Å². The zero-order valence-electron chi connectivity index (χ0n) is 12.6. The molecule has 0 radical (unpaired) electrons. The Bertz CT molecular complexity index is 492. The molecule has 0 fully saturated rings. The number of rotatable bonds is 9. The molecule has 1 aromatic heterocycles. The smallest absolute Gasteiger partial charge is 0.123 e.